The van der Waals surface area contributed by atoms with Crippen molar-refractivity contribution in [2.75, 3.05) is 18.4 Å². The molecule has 3 rings (SSSR count). The van der Waals surface area contributed by atoms with E-state index in [1.54, 1.807) is 40.0 Å². The highest BCUT2D eigenvalue weighted by Crippen LogP contribution is 2.17. The smallest absolute Gasteiger partial charge is 0.258 e. The predicted molar refractivity (Wildman–Crippen MR) is 93.4 cm³/mol. The Morgan fingerprint density at radius 2 is 2.20 bits per heavy atom. The number of hydrogen-bond donors (Lipinski definition) is 2. The molecule has 0 radical (unpaired) electrons. The van der Waals surface area contributed by atoms with E-state index in [0.717, 1.165) is 12.8 Å². The number of amides is 2. The lowest BCUT2D eigenvalue weighted by Crippen LogP contribution is -2.42. The number of nitrogens with zero attached hydrogens (tertiary/aromatic N) is 3. The summed E-state index contributed by atoms with van der Waals surface area (Å²) in [4.78, 5) is 26.5. The molecule has 1 aromatic carbocycles. The Morgan fingerprint density at radius 3 is 2.92 bits per heavy atom. The van der Waals surface area contributed by atoms with Gasteiger partial charge in [0, 0.05) is 37.1 Å². The van der Waals surface area contributed by atoms with Crippen molar-refractivity contribution in [3.8, 4) is 0 Å². The van der Waals surface area contributed by atoms with Crippen LogP contribution in [0.3, 0.4) is 0 Å². The van der Waals surface area contributed by atoms with Crippen molar-refractivity contribution in [1.29, 1.82) is 0 Å². The maximum absolute atomic E-state index is 12.6. The summed E-state index contributed by atoms with van der Waals surface area (Å²) in [6.07, 6.45) is 4.26. The summed E-state index contributed by atoms with van der Waals surface area (Å²) < 4.78 is 1.68. The summed E-state index contributed by atoms with van der Waals surface area (Å²) in [6, 6.07) is 6.85. The maximum atomic E-state index is 12.6. The van der Waals surface area contributed by atoms with Crippen LogP contribution in [-0.4, -0.2) is 50.8 Å². The van der Waals surface area contributed by atoms with Gasteiger partial charge in [-0.15, -0.1) is 0 Å². The maximum Gasteiger partial charge on any atom is 0.258 e. The lowest BCUT2D eigenvalue weighted by molar-refractivity contribution is 0.0474. The van der Waals surface area contributed by atoms with Gasteiger partial charge in [0.25, 0.3) is 11.8 Å². The molecule has 0 spiro atoms. The molecule has 0 saturated carbocycles. The third-order valence-electron chi connectivity index (χ3n) is 4.27. The van der Waals surface area contributed by atoms with Crippen LogP contribution in [0, 0.1) is 0 Å². The highest BCUT2D eigenvalue weighted by atomic mass is 16.3. The molecule has 1 atom stereocenters. The predicted octanol–water partition coefficient (Wildman–Crippen LogP) is 1.75. The number of aromatic nitrogens is 2. The van der Waals surface area contributed by atoms with Crippen LogP contribution < -0.4 is 5.32 Å². The van der Waals surface area contributed by atoms with E-state index in [2.05, 4.69) is 10.4 Å². The minimum atomic E-state index is -0.462. The number of aliphatic hydroxyl groups is 1. The first kappa shape index (κ1) is 17.2. The number of rotatable bonds is 4. The van der Waals surface area contributed by atoms with E-state index in [-0.39, 0.29) is 11.8 Å². The highest BCUT2D eigenvalue weighted by molar-refractivity contribution is 6.04. The number of carbonyl (C=O) groups excluding carboxylic acids is 2. The Bertz CT molecular complexity index is 771. The number of benzene rings is 1. The fourth-order valence-corrected chi connectivity index (χ4v) is 2.91. The molecule has 2 aromatic rings. The van der Waals surface area contributed by atoms with Gasteiger partial charge in [0.15, 0.2) is 0 Å². The molecular formula is C18H22N4O3. The van der Waals surface area contributed by atoms with Gasteiger partial charge in [0.05, 0.1) is 17.9 Å². The number of β-amino-alcohol motifs (C(OH)–C–C–N with tert-alkyl or cyclic N) is 1. The van der Waals surface area contributed by atoms with Crippen LogP contribution in [0.4, 0.5) is 5.69 Å². The van der Waals surface area contributed by atoms with E-state index >= 15 is 0 Å². The summed E-state index contributed by atoms with van der Waals surface area (Å²) in [7, 11) is 0. The second-order valence-corrected chi connectivity index (χ2v) is 6.17. The molecule has 7 nitrogen and oxygen atoms in total. The molecular weight excluding hydrogens is 320 g/mol. The summed E-state index contributed by atoms with van der Waals surface area (Å²) >= 11 is 0. The number of aliphatic hydroxyl groups excluding tert-OH is 1. The second kappa shape index (κ2) is 7.48. The molecule has 1 aromatic heterocycles. The van der Waals surface area contributed by atoms with Gasteiger partial charge in [0.2, 0.25) is 0 Å². The molecule has 1 aliphatic rings. The summed E-state index contributed by atoms with van der Waals surface area (Å²) in [6.45, 7) is 3.63. The average Bonchev–Trinajstić information content (AvgIpc) is 3.11. The van der Waals surface area contributed by atoms with Crippen molar-refractivity contribution < 1.29 is 14.7 Å². The first-order valence-electron chi connectivity index (χ1n) is 8.48. The SMILES string of the molecule is CCn1cc(C(=O)Nc2cccc(C(=O)N3CCCC(O)C3)c2)cn1. The Morgan fingerprint density at radius 1 is 1.36 bits per heavy atom. The molecule has 2 N–H and O–H groups in total. The Hall–Kier alpha value is -2.67. The van der Waals surface area contributed by atoms with Crippen LogP contribution in [0.5, 0.6) is 0 Å². The zero-order valence-corrected chi connectivity index (χ0v) is 14.2. The first-order valence-corrected chi connectivity index (χ1v) is 8.48. The van der Waals surface area contributed by atoms with E-state index in [0.29, 0.717) is 36.4 Å². The number of piperidine rings is 1. The van der Waals surface area contributed by atoms with Gasteiger partial charge in [-0.3, -0.25) is 14.3 Å². The zero-order valence-electron chi connectivity index (χ0n) is 14.2. The third kappa shape index (κ3) is 4.06. The lowest BCUT2D eigenvalue weighted by Gasteiger charge is -2.30. The van der Waals surface area contributed by atoms with Crippen molar-refractivity contribution >= 4 is 17.5 Å². The molecule has 0 bridgehead atoms. The first-order chi connectivity index (χ1) is 12.1. The van der Waals surface area contributed by atoms with Gasteiger partial charge >= 0.3 is 0 Å². The minimum absolute atomic E-state index is 0.131. The summed E-state index contributed by atoms with van der Waals surface area (Å²) in [5.74, 6) is -0.397. The lowest BCUT2D eigenvalue weighted by atomic mass is 10.1. The van der Waals surface area contributed by atoms with Gasteiger partial charge in [0.1, 0.15) is 0 Å². The van der Waals surface area contributed by atoms with Crippen LogP contribution in [0.2, 0.25) is 0 Å². The van der Waals surface area contributed by atoms with Crippen molar-refractivity contribution in [1.82, 2.24) is 14.7 Å². The minimum Gasteiger partial charge on any atom is -0.391 e. The topological polar surface area (TPSA) is 87.5 Å². The molecule has 1 saturated heterocycles. The molecule has 1 aliphatic heterocycles. The standard InChI is InChI=1S/C18H22N4O3/c1-2-22-11-14(10-19-22)17(24)20-15-6-3-5-13(9-15)18(25)21-8-4-7-16(23)12-21/h3,5-6,9-11,16,23H,2,4,7-8,12H2,1H3,(H,20,24). The summed E-state index contributed by atoms with van der Waals surface area (Å²) in [5, 5.41) is 16.6. The Kier molecular flexibility index (Phi) is 5.14. The van der Waals surface area contributed by atoms with Crippen molar-refractivity contribution in [3.05, 3.63) is 47.8 Å². The van der Waals surface area contributed by atoms with Gasteiger partial charge < -0.3 is 15.3 Å². The van der Waals surface area contributed by atoms with Crippen molar-refractivity contribution in [2.45, 2.75) is 32.4 Å². The molecule has 25 heavy (non-hydrogen) atoms. The van der Waals surface area contributed by atoms with Crippen LogP contribution in [-0.2, 0) is 6.54 Å². The van der Waals surface area contributed by atoms with Crippen LogP contribution in [0.25, 0.3) is 0 Å². The molecule has 7 heteroatoms. The van der Waals surface area contributed by atoms with E-state index in [4.69, 9.17) is 0 Å². The molecule has 2 amide bonds. The molecule has 1 fully saturated rings. The molecule has 2 heterocycles. The fraction of sp³-hybridized carbons (Fsp3) is 0.389. The second-order valence-electron chi connectivity index (χ2n) is 6.17. The molecule has 132 valence electrons. The number of hydrogen-bond acceptors (Lipinski definition) is 4. The van der Waals surface area contributed by atoms with Crippen LogP contribution >= 0.6 is 0 Å². The van der Waals surface area contributed by atoms with Gasteiger partial charge in [-0.1, -0.05) is 6.07 Å². The number of aryl methyl sites for hydroxylation is 1. The Labute approximate surface area is 146 Å². The normalized spacial score (nSPS) is 17.4. The van der Waals surface area contributed by atoms with E-state index in [1.807, 2.05) is 6.92 Å². The number of nitrogens with one attached hydrogen (secondary N) is 1. The van der Waals surface area contributed by atoms with E-state index in [1.165, 1.54) is 6.20 Å². The number of carbonyl (C=O) groups is 2. The average molecular weight is 342 g/mol. The highest BCUT2D eigenvalue weighted by Gasteiger charge is 2.23. The van der Waals surface area contributed by atoms with Gasteiger partial charge in [-0.25, -0.2) is 0 Å². The monoisotopic (exact) mass is 342 g/mol. The quantitative estimate of drug-likeness (QED) is 0.886. The van der Waals surface area contributed by atoms with Crippen LogP contribution in [0.15, 0.2) is 36.7 Å². The third-order valence-corrected chi connectivity index (χ3v) is 4.27. The van der Waals surface area contributed by atoms with Gasteiger partial charge in [-0.2, -0.15) is 5.10 Å². The Balaban J connectivity index is 1.70. The zero-order chi connectivity index (χ0) is 17.8. The molecule has 1 unspecified atom stereocenters. The van der Waals surface area contributed by atoms with Gasteiger partial charge in [-0.05, 0) is 38.0 Å². The van der Waals surface area contributed by atoms with E-state index < -0.39 is 6.10 Å². The van der Waals surface area contributed by atoms with E-state index in [9.17, 15) is 14.7 Å². The number of anilines is 1. The largest absolute Gasteiger partial charge is 0.391 e. The molecule has 0 aliphatic carbocycles. The van der Waals surface area contributed by atoms with Crippen molar-refractivity contribution in [3.63, 3.8) is 0 Å². The summed E-state index contributed by atoms with van der Waals surface area (Å²) in [5.41, 5.74) is 1.52. The van der Waals surface area contributed by atoms with Crippen LogP contribution in [0.1, 0.15) is 40.5 Å². The fourth-order valence-electron chi connectivity index (χ4n) is 2.91. The number of likely N-dealkylation sites (tertiary alicyclic amines) is 1. The van der Waals surface area contributed by atoms with Crippen molar-refractivity contribution in [2.24, 2.45) is 0 Å².